The first-order valence-corrected chi connectivity index (χ1v) is 10.9. The van der Waals surface area contributed by atoms with E-state index in [-0.39, 0.29) is 5.91 Å². The standard InChI is InChI=1S/C22H25N5OS/c28-21(15-23-18-8-3-1-4-9-18)25-24-14-17-16-27(19-10-5-2-6-11-19)26-22(17)20-12-7-13-29-20/h2,5-7,10-14,16,18,23H,1,3-4,8-9,15H2,(H,25,28)/b24-14+. The molecule has 4 rings (SSSR count). The average molecular weight is 408 g/mol. The second kappa shape index (κ2) is 9.62. The number of nitrogens with zero attached hydrogens (tertiary/aromatic N) is 3. The normalized spacial score (nSPS) is 15.0. The molecule has 2 aromatic heterocycles. The fourth-order valence-corrected chi connectivity index (χ4v) is 4.29. The molecule has 1 aliphatic rings. The molecule has 1 fully saturated rings. The van der Waals surface area contributed by atoms with Crippen LogP contribution in [0, 0.1) is 0 Å². The minimum absolute atomic E-state index is 0.125. The monoisotopic (exact) mass is 407 g/mol. The Kier molecular flexibility index (Phi) is 6.49. The molecule has 150 valence electrons. The van der Waals surface area contributed by atoms with Crippen molar-refractivity contribution in [3.63, 3.8) is 0 Å². The molecule has 29 heavy (non-hydrogen) atoms. The van der Waals surface area contributed by atoms with E-state index in [2.05, 4.69) is 15.8 Å². The molecule has 0 saturated heterocycles. The lowest BCUT2D eigenvalue weighted by Gasteiger charge is -2.22. The zero-order valence-electron chi connectivity index (χ0n) is 16.3. The van der Waals surface area contributed by atoms with Crippen LogP contribution >= 0.6 is 11.3 Å². The number of hydrogen-bond acceptors (Lipinski definition) is 5. The first-order chi connectivity index (χ1) is 14.3. The third-order valence-corrected chi connectivity index (χ3v) is 5.94. The summed E-state index contributed by atoms with van der Waals surface area (Å²) in [5.74, 6) is -0.125. The second-order valence-electron chi connectivity index (χ2n) is 7.20. The smallest absolute Gasteiger partial charge is 0.254 e. The molecule has 7 heteroatoms. The molecule has 1 amide bonds. The number of aromatic nitrogens is 2. The Hall–Kier alpha value is -2.77. The summed E-state index contributed by atoms with van der Waals surface area (Å²) in [4.78, 5) is 13.2. The van der Waals surface area contributed by atoms with Crippen LogP contribution in [0.2, 0.25) is 0 Å². The fourth-order valence-electron chi connectivity index (χ4n) is 3.56. The second-order valence-corrected chi connectivity index (χ2v) is 8.15. The summed E-state index contributed by atoms with van der Waals surface area (Å²) in [6.07, 6.45) is 9.69. The van der Waals surface area contributed by atoms with Crippen molar-refractivity contribution in [1.82, 2.24) is 20.5 Å². The van der Waals surface area contributed by atoms with Gasteiger partial charge in [-0.25, -0.2) is 10.1 Å². The molecular weight excluding hydrogens is 382 g/mol. The van der Waals surface area contributed by atoms with Crippen LogP contribution in [-0.2, 0) is 4.79 Å². The molecule has 2 N–H and O–H groups in total. The Morgan fingerprint density at radius 2 is 2.00 bits per heavy atom. The van der Waals surface area contributed by atoms with Crippen molar-refractivity contribution in [2.75, 3.05) is 6.54 Å². The predicted molar refractivity (Wildman–Crippen MR) is 117 cm³/mol. The molecular formula is C22H25N5OS. The number of hydrazone groups is 1. The van der Waals surface area contributed by atoms with E-state index in [1.807, 2.05) is 58.7 Å². The van der Waals surface area contributed by atoms with Gasteiger partial charge in [-0.1, -0.05) is 43.5 Å². The lowest BCUT2D eigenvalue weighted by molar-refractivity contribution is -0.120. The van der Waals surface area contributed by atoms with Crippen LogP contribution in [-0.4, -0.2) is 34.5 Å². The van der Waals surface area contributed by atoms with E-state index in [0.717, 1.165) is 34.7 Å². The van der Waals surface area contributed by atoms with Crippen LogP contribution in [0.3, 0.4) is 0 Å². The van der Waals surface area contributed by atoms with E-state index < -0.39 is 0 Å². The number of carbonyl (C=O) groups excluding carboxylic acids is 1. The van der Waals surface area contributed by atoms with Gasteiger partial charge in [-0.3, -0.25) is 4.79 Å². The zero-order valence-corrected chi connectivity index (χ0v) is 17.1. The van der Waals surface area contributed by atoms with E-state index in [1.54, 1.807) is 17.6 Å². The van der Waals surface area contributed by atoms with Crippen molar-refractivity contribution in [1.29, 1.82) is 0 Å². The van der Waals surface area contributed by atoms with Crippen molar-refractivity contribution in [3.05, 3.63) is 59.6 Å². The molecule has 1 saturated carbocycles. The number of amides is 1. The Labute approximate surface area is 174 Å². The van der Waals surface area contributed by atoms with Gasteiger partial charge in [0.25, 0.3) is 5.91 Å². The molecule has 0 atom stereocenters. The maximum Gasteiger partial charge on any atom is 0.254 e. The first kappa shape index (κ1) is 19.5. The third kappa shape index (κ3) is 5.19. The van der Waals surface area contributed by atoms with Crippen molar-refractivity contribution in [2.24, 2.45) is 5.10 Å². The molecule has 2 heterocycles. The molecule has 6 nitrogen and oxygen atoms in total. The first-order valence-electron chi connectivity index (χ1n) is 10.0. The van der Waals surface area contributed by atoms with Crippen LogP contribution in [0.1, 0.15) is 37.7 Å². The van der Waals surface area contributed by atoms with Crippen molar-refractivity contribution >= 4 is 23.5 Å². The Bertz CT molecular complexity index is 943. The van der Waals surface area contributed by atoms with E-state index in [0.29, 0.717) is 12.6 Å². The summed E-state index contributed by atoms with van der Waals surface area (Å²) in [7, 11) is 0. The quantitative estimate of drug-likeness (QED) is 0.460. The predicted octanol–water partition coefficient (Wildman–Crippen LogP) is 3.97. The number of hydrogen-bond donors (Lipinski definition) is 2. The van der Waals surface area contributed by atoms with Crippen LogP contribution in [0.4, 0.5) is 0 Å². The highest BCUT2D eigenvalue weighted by Gasteiger charge is 2.14. The molecule has 0 aliphatic heterocycles. The van der Waals surface area contributed by atoms with Gasteiger partial charge < -0.3 is 5.32 Å². The third-order valence-electron chi connectivity index (χ3n) is 5.07. The van der Waals surface area contributed by atoms with Gasteiger partial charge >= 0.3 is 0 Å². The number of rotatable bonds is 7. The minimum atomic E-state index is -0.125. The Morgan fingerprint density at radius 1 is 1.17 bits per heavy atom. The van der Waals surface area contributed by atoms with Gasteiger partial charge in [0.15, 0.2) is 0 Å². The van der Waals surface area contributed by atoms with Crippen molar-refractivity contribution in [3.8, 4) is 16.3 Å². The maximum atomic E-state index is 12.1. The summed E-state index contributed by atoms with van der Waals surface area (Å²) >= 11 is 1.63. The number of nitrogens with one attached hydrogen (secondary N) is 2. The van der Waals surface area contributed by atoms with Gasteiger partial charge in [-0.05, 0) is 36.4 Å². The minimum Gasteiger partial charge on any atom is -0.306 e. The molecule has 3 aromatic rings. The van der Waals surface area contributed by atoms with Gasteiger partial charge in [0.1, 0.15) is 5.69 Å². The van der Waals surface area contributed by atoms with Crippen LogP contribution < -0.4 is 10.7 Å². The Balaban J connectivity index is 1.43. The fraction of sp³-hybridized carbons (Fsp3) is 0.318. The molecule has 1 aliphatic carbocycles. The van der Waals surface area contributed by atoms with Crippen molar-refractivity contribution in [2.45, 2.75) is 38.1 Å². The topological polar surface area (TPSA) is 71.3 Å². The van der Waals surface area contributed by atoms with Crippen LogP contribution in [0.15, 0.2) is 59.1 Å². The molecule has 0 bridgehead atoms. The van der Waals surface area contributed by atoms with E-state index in [1.165, 1.54) is 19.3 Å². The van der Waals surface area contributed by atoms with Crippen LogP contribution in [0.25, 0.3) is 16.3 Å². The van der Waals surface area contributed by atoms with Gasteiger partial charge in [-0.2, -0.15) is 10.2 Å². The number of thiophene rings is 1. The SMILES string of the molecule is O=C(CNC1CCCCC1)N/N=C/c1cn(-c2ccccc2)nc1-c1cccs1. The summed E-state index contributed by atoms with van der Waals surface area (Å²) in [6.45, 7) is 0.295. The summed E-state index contributed by atoms with van der Waals surface area (Å²) in [5, 5.41) is 14.3. The maximum absolute atomic E-state index is 12.1. The van der Waals surface area contributed by atoms with Gasteiger partial charge in [0.2, 0.25) is 0 Å². The number of benzene rings is 1. The van der Waals surface area contributed by atoms with E-state index >= 15 is 0 Å². The van der Waals surface area contributed by atoms with Crippen molar-refractivity contribution < 1.29 is 4.79 Å². The summed E-state index contributed by atoms with van der Waals surface area (Å²) < 4.78 is 1.84. The van der Waals surface area contributed by atoms with Gasteiger partial charge in [0.05, 0.1) is 23.3 Å². The zero-order chi connectivity index (χ0) is 19.9. The molecule has 0 spiro atoms. The number of carbonyl (C=O) groups is 1. The average Bonchev–Trinajstić information content (AvgIpc) is 3.44. The summed E-state index contributed by atoms with van der Waals surface area (Å²) in [5.41, 5.74) is 5.31. The van der Waals surface area contributed by atoms with Crippen LogP contribution in [0.5, 0.6) is 0 Å². The molecule has 0 unspecified atom stereocenters. The lowest BCUT2D eigenvalue weighted by Crippen LogP contribution is -2.38. The highest BCUT2D eigenvalue weighted by Crippen LogP contribution is 2.26. The largest absolute Gasteiger partial charge is 0.306 e. The summed E-state index contributed by atoms with van der Waals surface area (Å²) in [6, 6.07) is 14.4. The highest BCUT2D eigenvalue weighted by atomic mass is 32.1. The molecule has 1 aromatic carbocycles. The number of para-hydroxylation sites is 1. The van der Waals surface area contributed by atoms with E-state index in [4.69, 9.17) is 5.10 Å². The Morgan fingerprint density at radius 3 is 2.76 bits per heavy atom. The molecule has 0 radical (unpaired) electrons. The van der Waals surface area contributed by atoms with E-state index in [9.17, 15) is 4.79 Å². The van der Waals surface area contributed by atoms with Gasteiger partial charge in [0, 0.05) is 17.8 Å². The lowest BCUT2D eigenvalue weighted by atomic mass is 9.95. The highest BCUT2D eigenvalue weighted by molar-refractivity contribution is 7.13. The van der Waals surface area contributed by atoms with Gasteiger partial charge in [-0.15, -0.1) is 11.3 Å².